The van der Waals surface area contributed by atoms with Crippen LogP contribution in [-0.4, -0.2) is 80.9 Å². The molecular formula is C19H32N4O9S. The van der Waals surface area contributed by atoms with Gasteiger partial charge in [-0.25, -0.2) is 4.79 Å². The van der Waals surface area contributed by atoms with Gasteiger partial charge < -0.3 is 37.0 Å². The van der Waals surface area contributed by atoms with Crippen molar-refractivity contribution in [2.24, 2.45) is 11.7 Å². The zero-order chi connectivity index (χ0) is 25.7. The summed E-state index contributed by atoms with van der Waals surface area (Å²) in [6, 6.07) is -5.08. The summed E-state index contributed by atoms with van der Waals surface area (Å²) in [4.78, 5) is 70.7. The molecule has 188 valence electrons. The first-order valence-corrected chi connectivity index (χ1v) is 10.9. The van der Waals surface area contributed by atoms with Gasteiger partial charge in [0.25, 0.3) is 0 Å². The molecule has 0 saturated carbocycles. The maximum atomic E-state index is 12.8. The summed E-state index contributed by atoms with van der Waals surface area (Å²) in [6.07, 6.45) is -1.19. The second kappa shape index (κ2) is 15.1. The number of carboxylic acid groups (broad SMARTS) is 3. The normalized spacial score (nSPS) is 15.3. The molecule has 13 nitrogen and oxygen atoms in total. The largest absolute Gasteiger partial charge is 0.481 e. The summed E-state index contributed by atoms with van der Waals surface area (Å²) >= 11 is 3.90. The number of thiol groups is 1. The number of amides is 3. The molecule has 0 aliphatic heterocycles. The van der Waals surface area contributed by atoms with E-state index in [1.165, 1.54) is 0 Å². The number of aliphatic carboxylic acids is 3. The minimum Gasteiger partial charge on any atom is -0.481 e. The van der Waals surface area contributed by atoms with Crippen molar-refractivity contribution in [2.75, 3.05) is 5.75 Å². The van der Waals surface area contributed by atoms with Gasteiger partial charge in [-0.1, -0.05) is 20.3 Å². The highest BCUT2D eigenvalue weighted by Gasteiger charge is 2.33. The lowest BCUT2D eigenvalue weighted by atomic mass is 9.96. The van der Waals surface area contributed by atoms with Crippen LogP contribution in [-0.2, 0) is 28.8 Å². The van der Waals surface area contributed by atoms with Crippen LogP contribution in [0.15, 0.2) is 0 Å². The molecule has 33 heavy (non-hydrogen) atoms. The van der Waals surface area contributed by atoms with Crippen molar-refractivity contribution in [1.29, 1.82) is 0 Å². The maximum Gasteiger partial charge on any atom is 0.326 e. The predicted octanol–water partition coefficient (Wildman–Crippen LogP) is -1.44. The first-order chi connectivity index (χ1) is 15.3. The Morgan fingerprint density at radius 2 is 1.30 bits per heavy atom. The van der Waals surface area contributed by atoms with E-state index in [4.69, 9.17) is 15.9 Å². The van der Waals surface area contributed by atoms with Gasteiger partial charge in [-0.15, -0.1) is 0 Å². The average molecular weight is 493 g/mol. The third-order valence-electron chi connectivity index (χ3n) is 4.87. The molecule has 0 aromatic carbocycles. The van der Waals surface area contributed by atoms with Crippen molar-refractivity contribution >= 4 is 48.3 Å². The summed E-state index contributed by atoms with van der Waals surface area (Å²) in [5, 5.41) is 33.9. The second-order valence-electron chi connectivity index (χ2n) is 7.49. The molecule has 0 aromatic rings. The highest BCUT2D eigenvalue weighted by Crippen LogP contribution is 2.11. The minimum absolute atomic E-state index is 0.0239. The van der Waals surface area contributed by atoms with Crippen LogP contribution in [0, 0.1) is 5.92 Å². The fourth-order valence-electron chi connectivity index (χ4n) is 2.64. The van der Waals surface area contributed by atoms with Gasteiger partial charge in [0, 0.05) is 18.6 Å². The SMILES string of the molecule is CCC(C)C(NC(=O)C(CCC(=O)O)NC(=O)C(N)CS)C(=O)NC(CCC(=O)O)C(=O)O. The first kappa shape index (κ1) is 30.1. The fourth-order valence-corrected chi connectivity index (χ4v) is 2.81. The lowest BCUT2D eigenvalue weighted by Gasteiger charge is -2.28. The number of rotatable bonds is 16. The van der Waals surface area contributed by atoms with E-state index in [9.17, 15) is 33.9 Å². The van der Waals surface area contributed by atoms with Crippen LogP contribution in [0.3, 0.4) is 0 Å². The molecule has 0 rings (SSSR count). The Balaban J connectivity index is 5.57. The van der Waals surface area contributed by atoms with Crippen molar-refractivity contribution in [3.8, 4) is 0 Å². The fraction of sp³-hybridized carbons (Fsp3) is 0.684. The molecule has 0 radical (unpaired) electrons. The van der Waals surface area contributed by atoms with E-state index in [2.05, 4.69) is 28.6 Å². The Hall–Kier alpha value is -2.87. The van der Waals surface area contributed by atoms with Gasteiger partial charge in [-0.3, -0.25) is 24.0 Å². The highest BCUT2D eigenvalue weighted by atomic mass is 32.1. The van der Waals surface area contributed by atoms with Crippen LogP contribution in [0.5, 0.6) is 0 Å². The smallest absolute Gasteiger partial charge is 0.326 e. The second-order valence-corrected chi connectivity index (χ2v) is 7.85. The van der Waals surface area contributed by atoms with Crippen molar-refractivity contribution in [2.45, 2.75) is 70.1 Å². The minimum atomic E-state index is -1.49. The van der Waals surface area contributed by atoms with Crippen molar-refractivity contribution in [3.05, 3.63) is 0 Å². The summed E-state index contributed by atoms with van der Waals surface area (Å²) in [6.45, 7) is 3.35. The topological polar surface area (TPSA) is 225 Å². The third-order valence-corrected chi connectivity index (χ3v) is 5.26. The van der Waals surface area contributed by atoms with Gasteiger partial charge in [-0.2, -0.15) is 12.6 Å². The Morgan fingerprint density at radius 3 is 1.73 bits per heavy atom. The molecule has 5 unspecified atom stereocenters. The highest BCUT2D eigenvalue weighted by molar-refractivity contribution is 7.80. The monoisotopic (exact) mass is 492 g/mol. The lowest BCUT2D eigenvalue weighted by Crippen LogP contribution is -2.58. The molecule has 0 aliphatic carbocycles. The van der Waals surface area contributed by atoms with Crippen LogP contribution in [0.1, 0.15) is 46.0 Å². The standard InChI is InChI=1S/C19H32N4O9S/c1-3-9(2)15(18(30)22-12(19(31)32)5-7-14(26)27)23-17(29)11(4-6-13(24)25)21-16(28)10(20)8-33/h9-12,15,33H,3-8,20H2,1-2H3,(H,21,28)(H,22,30)(H,23,29)(H,24,25)(H,26,27)(H,31,32). The average Bonchev–Trinajstić information content (AvgIpc) is 2.75. The van der Waals surface area contributed by atoms with Crippen LogP contribution in [0.2, 0.25) is 0 Å². The van der Waals surface area contributed by atoms with Crippen LogP contribution in [0.4, 0.5) is 0 Å². The summed E-state index contributed by atoms with van der Waals surface area (Å²) in [7, 11) is 0. The van der Waals surface area contributed by atoms with E-state index in [1.807, 2.05) is 0 Å². The van der Waals surface area contributed by atoms with Crippen LogP contribution in [0.25, 0.3) is 0 Å². The Labute approximate surface area is 196 Å². The Kier molecular flexibility index (Phi) is 13.7. The van der Waals surface area contributed by atoms with E-state index in [-0.39, 0.29) is 18.6 Å². The van der Waals surface area contributed by atoms with E-state index in [1.54, 1.807) is 13.8 Å². The number of carbonyl (C=O) groups excluding carboxylic acids is 3. The number of carbonyl (C=O) groups is 6. The van der Waals surface area contributed by atoms with Crippen molar-refractivity contribution < 1.29 is 44.1 Å². The third kappa shape index (κ3) is 11.5. The Bertz CT molecular complexity index is 734. The molecule has 0 heterocycles. The van der Waals surface area contributed by atoms with Gasteiger partial charge >= 0.3 is 17.9 Å². The number of nitrogens with two attached hydrogens (primary N) is 1. The first-order valence-electron chi connectivity index (χ1n) is 10.3. The number of nitrogens with one attached hydrogen (secondary N) is 3. The van der Waals surface area contributed by atoms with Gasteiger partial charge in [0.15, 0.2) is 0 Å². The number of hydrogen-bond donors (Lipinski definition) is 8. The van der Waals surface area contributed by atoms with E-state index < -0.39 is 78.6 Å². The van der Waals surface area contributed by atoms with Crippen LogP contribution < -0.4 is 21.7 Å². The van der Waals surface area contributed by atoms with Gasteiger partial charge in [0.05, 0.1) is 6.04 Å². The molecule has 8 N–H and O–H groups in total. The molecule has 0 fully saturated rings. The predicted molar refractivity (Wildman–Crippen MR) is 118 cm³/mol. The molecule has 0 spiro atoms. The molecule has 0 saturated heterocycles. The van der Waals surface area contributed by atoms with Crippen molar-refractivity contribution in [3.63, 3.8) is 0 Å². The van der Waals surface area contributed by atoms with Crippen molar-refractivity contribution in [1.82, 2.24) is 16.0 Å². The van der Waals surface area contributed by atoms with Gasteiger partial charge in [-0.05, 0) is 18.8 Å². The van der Waals surface area contributed by atoms with Gasteiger partial charge in [0.2, 0.25) is 17.7 Å². The molecular weight excluding hydrogens is 460 g/mol. The molecule has 3 amide bonds. The number of hydrogen-bond acceptors (Lipinski definition) is 8. The van der Waals surface area contributed by atoms with E-state index in [0.717, 1.165) is 0 Å². The summed E-state index contributed by atoms with van der Waals surface area (Å²) < 4.78 is 0. The van der Waals surface area contributed by atoms with E-state index >= 15 is 0 Å². The molecule has 0 aliphatic rings. The summed E-state index contributed by atoms with van der Waals surface area (Å²) in [5.41, 5.74) is 5.58. The lowest BCUT2D eigenvalue weighted by molar-refractivity contribution is -0.143. The zero-order valence-electron chi connectivity index (χ0n) is 18.4. The van der Waals surface area contributed by atoms with E-state index in [0.29, 0.717) is 6.42 Å². The molecule has 0 bridgehead atoms. The molecule has 5 atom stereocenters. The molecule has 14 heteroatoms. The van der Waals surface area contributed by atoms with Gasteiger partial charge in [0.1, 0.15) is 18.1 Å². The molecule has 0 aromatic heterocycles. The Morgan fingerprint density at radius 1 is 0.818 bits per heavy atom. The maximum absolute atomic E-state index is 12.8. The summed E-state index contributed by atoms with van der Waals surface area (Å²) in [5.74, 6) is -6.83. The zero-order valence-corrected chi connectivity index (χ0v) is 19.3. The van der Waals surface area contributed by atoms with Crippen LogP contribution >= 0.6 is 12.6 Å². The quantitative estimate of drug-likeness (QED) is 0.117. The number of carboxylic acids is 3.